The van der Waals surface area contributed by atoms with Crippen molar-refractivity contribution in [3.05, 3.63) is 40.4 Å². The Morgan fingerprint density at radius 1 is 1.37 bits per heavy atom. The van der Waals surface area contributed by atoms with Crippen LogP contribution in [-0.2, 0) is 11.4 Å². The van der Waals surface area contributed by atoms with Gasteiger partial charge in [0.25, 0.3) is 0 Å². The van der Waals surface area contributed by atoms with Crippen molar-refractivity contribution in [3.8, 4) is 10.6 Å². The van der Waals surface area contributed by atoms with Crippen molar-refractivity contribution in [2.24, 2.45) is 0 Å². The van der Waals surface area contributed by atoms with Crippen LogP contribution in [0.4, 0.5) is 4.39 Å². The zero-order valence-corrected chi connectivity index (χ0v) is 11.6. The van der Waals surface area contributed by atoms with Gasteiger partial charge in [0.2, 0.25) is 0 Å². The van der Waals surface area contributed by atoms with E-state index in [1.165, 1.54) is 11.3 Å². The number of ether oxygens (including phenoxy) is 1. The summed E-state index contributed by atoms with van der Waals surface area (Å²) in [5, 5.41) is 0.742. The fourth-order valence-electron chi connectivity index (χ4n) is 1.64. The van der Waals surface area contributed by atoms with E-state index in [0.717, 1.165) is 10.6 Å². The van der Waals surface area contributed by atoms with Crippen LogP contribution in [0, 0.1) is 6.92 Å². The molecule has 1 aromatic heterocycles. The summed E-state index contributed by atoms with van der Waals surface area (Å²) >= 11 is 1.29. The first-order valence-electron chi connectivity index (χ1n) is 5.95. The number of halogens is 1. The highest BCUT2D eigenvalue weighted by molar-refractivity contribution is 7.17. The van der Waals surface area contributed by atoms with Gasteiger partial charge in [0.05, 0.1) is 12.3 Å². The lowest BCUT2D eigenvalue weighted by atomic mass is 10.1. The molecule has 0 saturated heterocycles. The molecule has 0 spiro atoms. The van der Waals surface area contributed by atoms with Crippen LogP contribution in [0.3, 0.4) is 0 Å². The summed E-state index contributed by atoms with van der Waals surface area (Å²) in [6.45, 7) is 3.41. The topological polar surface area (TPSA) is 39.2 Å². The summed E-state index contributed by atoms with van der Waals surface area (Å²) in [7, 11) is 0. The van der Waals surface area contributed by atoms with Gasteiger partial charge in [0, 0.05) is 5.56 Å². The average Bonchev–Trinajstić information content (AvgIpc) is 2.81. The molecular weight excluding hydrogens is 265 g/mol. The third kappa shape index (κ3) is 2.98. The van der Waals surface area contributed by atoms with E-state index in [1.54, 1.807) is 26.0 Å². The van der Waals surface area contributed by atoms with Gasteiger partial charge >= 0.3 is 5.97 Å². The van der Waals surface area contributed by atoms with E-state index >= 15 is 0 Å². The van der Waals surface area contributed by atoms with Gasteiger partial charge in [-0.05, 0) is 19.4 Å². The molecule has 0 bridgehead atoms. The van der Waals surface area contributed by atoms with Crippen LogP contribution in [0.15, 0.2) is 24.3 Å². The number of rotatable bonds is 4. The van der Waals surface area contributed by atoms with Gasteiger partial charge in [-0.3, -0.25) is 0 Å². The first-order valence-corrected chi connectivity index (χ1v) is 6.77. The molecule has 0 aliphatic rings. The summed E-state index contributed by atoms with van der Waals surface area (Å²) in [6.07, 6.45) is 0. The lowest BCUT2D eigenvalue weighted by Gasteiger charge is -1.98. The molecule has 100 valence electrons. The number of hydrogen-bond donors (Lipinski definition) is 0. The number of benzene rings is 1. The minimum absolute atomic E-state index is 0.343. The predicted octanol–water partition coefficient (Wildman–Crippen LogP) is 3.76. The Kier molecular flexibility index (Phi) is 4.27. The molecule has 0 aliphatic carbocycles. The molecule has 5 heteroatoms. The minimum Gasteiger partial charge on any atom is -0.462 e. The fourth-order valence-corrected chi connectivity index (χ4v) is 2.61. The minimum atomic E-state index is -0.481. The number of nitrogens with zero attached hydrogens (tertiary/aromatic N) is 1. The molecule has 0 aliphatic heterocycles. The van der Waals surface area contributed by atoms with E-state index < -0.39 is 6.67 Å². The first kappa shape index (κ1) is 13.7. The summed E-state index contributed by atoms with van der Waals surface area (Å²) in [5.41, 5.74) is 2.16. The molecule has 0 amide bonds. The van der Waals surface area contributed by atoms with E-state index in [2.05, 4.69) is 4.98 Å². The summed E-state index contributed by atoms with van der Waals surface area (Å²) in [5.74, 6) is -0.343. The molecular formula is C14H14FNO2S. The zero-order chi connectivity index (χ0) is 13.8. The van der Waals surface area contributed by atoms with E-state index in [1.807, 2.05) is 12.1 Å². The molecule has 0 fully saturated rings. The highest BCUT2D eigenvalue weighted by Crippen LogP contribution is 2.28. The molecule has 19 heavy (non-hydrogen) atoms. The van der Waals surface area contributed by atoms with Crippen LogP contribution >= 0.6 is 11.3 Å². The normalized spacial score (nSPS) is 10.5. The maximum Gasteiger partial charge on any atom is 0.350 e. The zero-order valence-electron chi connectivity index (χ0n) is 10.8. The van der Waals surface area contributed by atoms with E-state index in [-0.39, 0.29) is 5.97 Å². The summed E-state index contributed by atoms with van der Waals surface area (Å²) in [4.78, 5) is 16.6. The largest absolute Gasteiger partial charge is 0.462 e. The third-order valence-electron chi connectivity index (χ3n) is 2.61. The number of carbonyl (C=O) groups is 1. The molecule has 0 saturated carbocycles. The Morgan fingerprint density at radius 2 is 2.05 bits per heavy atom. The second-order valence-corrected chi connectivity index (χ2v) is 4.98. The van der Waals surface area contributed by atoms with Crippen molar-refractivity contribution in [1.82, 2.24) is 4.98 Å². The Labute approximate surface area is 115 Å². The number of hydrogen-bond acceptors (Lipinski definition) is 4. The number of alkyl halides is 1. The molecule has 0 unspecified atom stereocenters. The number of carbonyl (C=O) groups excluding carboxylic acids is 1. The smallest absolute Gasteiger partial charge is 0.350 e. The summed E-state index contributed by atoms with van der Waals surface area (Å²) in [6, 6.07) is 7.05. The highest BCUT2D eigenvalue weighted by Gasteiger charge is 2.16. The Bertz CT molecular complexity index is 578. The van der Waals surface area contributed by atoms with Crippen molar-refractivity contribution in [1.29, 1.82) is 0 Å². The number of aryl methyl sites for hydroxylation is 1. The van der Waals surface area contributed by atoms with Crippen molar-refractivity contribution in [3.63, 3.8) is 0 Å². The fraction of sp³-hybridized carbons (Fsp3) is 0.286. The van der Waals surface area contributed by atoms with Crippen molar-refractivity contribution in [2.75, 3.05) is 6.61 Å². The van der Waals surface area contributed by atoms with Gasteiger partial charge in [-0.1, -0.05) is 24.3 Å². The number of thiazole rings is 1. The molecule has 0 N–H and O–H groups in total. The quantitative estimate of drug-likeness (QED) is 0.800. The second-order valence-electron chi connectivity index (χ2n) is 3.98. The first-order chi connectivity index (χ1) is 9.15. The maximum atomic E-state index is 12.4. The number of esters is 1. The lowest BCUT2D eigenvalue weighted by molar-refractivity contribution is 0.0531. The Morgan fingerprint density at radius 3 is 2.63 bits per heavy atom. The predicted molar refractivity (Wildman–Crippen MR) is 73.1 cm³/mol. The second kappa shape index (κ2) is 5.93. The monoisotopic (exact) mass is 279 g/mol. The summed E-state index contributed by atoms with van der Waals surface area (Å²) < 4.78 is 17.4. The van der Waals surface area contributed by atoms with Gasteiger partial charge in [0.15, 0.2) is 0 Å². The van der Waals surface area contributed by atoms with Gasteiger partial charge in [-0.2, -0.15) is 0 Å². The highest BCUT2D eigenvalue weighted by atomic mass is 32.1. The maximum absolute atomic E-state index is 12.4. The van der Waals surface area contributed by atoms with Crippen LogP contribution < -0.4 is 0 Å². The Hall–Kier alpha value is -1.75. The SMILES string of the molecule is CCOC(=O)c1sc(-c2ccc(CF)cc2)nc1C. The standard InChI is InChI=1S/C14H14FNO2S/c1-3-18-14(17)12-9(2)16-13(19-12)11-6-4-10(8-15)5-7-11/h4-7H,3,8H2,1-2H3. The lowest BCUT2D eigenvalue weighted by Crippen LogP contribution is -2.03. The third-order valence-corrected chi connectivity index (χ3v) is 3.80. The van der Waals surface area contributed by atoms with Crippen molar-refractivity contribution >= 4 is 17.3 Å². The van der Waals surface area contributed by atoms with E-state index in [9.17, 15) is 9.18 Å². The molecule has 0 radical (unpaired) electrons. The Balaban J connectivity index is 2.30. The van der Waals surface area contributed by atoms with Crippen molar-refractivity contribution < 1.29 is 13.9 Å². The van der Waals surface area contributed by atoms with Crippen molar-refractivity contribution in [2.45, 2.75) is 20.5 Å². The van der Waals surface area contributed by atoms with E-state index in [4.69, 9.17) is 4.74 Å². The molecule has 1 aromatic carbocycles. The van der Waals surface area contributed by atoms with Gasteiger partial charge in [-0.15, -0.1) is 11.3 Å². The molecule has 2 aromatic rings. The molecule has 2 rings (SSSR count). The van der Waals surface area contributed by atoms with Gasteiger partial charge in [-0.25, -0.2) is 14.2 Å². The van der Waals surface area contributed by atoms with Crippen LogP contribution in [-0.4, -0.2) is 17.6 Å². The molecule has 0 atom stereocenters. The van der Waals surface area contributed by atoms with E-state index in [0.29, 0.717) is 22.7 Å². The van der Waals surface area contributed by atoms with Crippen LogP contribution in [0.1, 0.15) is 27.9 Å². The molecule has 1 heterocycles. The van der Waals surface area contributed by atoms with Gasteiger partial charge < -0.3 is 4.74 Å². The van der Waals surface area contributed by atoms with Crippen LogP contribution in [0.2, 0.25) is 0 Å². The van der Waals surface area contributed by atoms with Crippen LogP contribution in [0.5, 0.6) is 0 Å². The van der Waals surface area contributed by atoms with Gasteiger partial charge in [0.1, 0.15) is 16.6 Å². The average molecular weight is 279 g/mol. The van der Waals surface area contributed by atoms with Crippen LogP contribution in [0.25, 0.3) is 10.6 Å². The number of aromatic nitrogens is 1. The molecule has 3 nitrogen and oxygen atoms in total.